The standard InChI is InChI=1S/2C30H45N3O.C30H44N2O/c2*1-17-10-27-28(33(5)16-17)19(3)30(34-27)9-8-22-23-7-6-21-11-26-20(15-31-32-26)14-29(21,4)25(23)12-24(22)18(2)13-30;1-17-9-27-28(32-14-17)19(3)30(33-27)8-7-23-24-6-5-22-10-20-15-31-16-21(20)13-29(22,4)26(24)11-25(23)18(2)12-30/h2*15,17,19,21-23,25,27-28H,6-14,16H2,1-5H3,(H,31,32);15-17,19,22-24,26-28,31-32H,5-14H2,1-4H3/t2*17-,19+,21+,22-,23-,25-,27+,28-,29-,30-;17-,19+,22+,23-,24-,26-,27+,28-,29-,30-/m000/s1. The Kier molecular flexibility index (Phi) is 16.6. The van der Waals surface area contributed by atoms with Gasteiger partial charge in [0.25, 0.3) is 0 Å². The smallest absolute Gasteiger partial charge is 0.0765 e. The summed E-state index contributed by atoms with van der Waals surface area (Å²) in [5.74, 6) is 14.4. The molecule has 9 heterocycles. The maximum atomic E-state index is 7.15. The van der Waals surface area contributed by atoms with Crippen LogP contribution in [0.2, 0.25) is 0 Å². The Balaban J connectivity index is 0.000000105. The van der Waals surface area contributed by atoms with Gasteiger partial charge >= 0.3 is 0 Å². The van der Waals surface area contributed by atoms with Crippen molar-refractivity contribution in [2.75, 3.05) is 33.7 Å². The summed E-state index contributed by atoms with van der Waals surface area (Å²) in [5.41, 5.74) is 21.4. The number of nitrogens with zero attached hydrogens (tertiary/aromatic N) is 4. The van der Waals surface area contributed by atoms with Crippen LogP contribution in [0.4, 0.5) is 0 Å². The number of piperidine rings is 3. The van der Waals surface area contributed by atoms with Crippen LogP contribution in [0.25, 0.3) is 0 Å². The van der Waals surface area contributed by atoms with Crippen molar-refractivity contribution < 1.29 is 14.2 Å². The Morgan fingerprint density at radius 1 is 0.436 bits per heavy atom. The van der Waals surface area contributed by atoms with Gasteiger partial charge in [-0.25, -0.2) is 0 Å². The second-order valence-electron chi connectivity index (χ2n) is 41.4. The third-order valence-electron chi connectivity index (χ3n) is 36.4. The molecule has 3 spiro atoms. The first kappa shape index (κ1) is 68.2. The number of H-pyrrole nitrogens is 3. The summed E-state index contributed by atoms with van der Waals surface area (Å²) in [5, 5.41) is 19.3. The molecule has 101 heavy (non-hydrogen) atoms. The molecule has 12 fully saturated rings. The van der Waals surface area contributed by atoms with E-state index in [2.05, 4.69) is 162 Å². The van der Waals surface area contributed by atoms with Crippen LogP contribution >= 0.6 is 0 Å². The van der Waals surface area contributed by atoms with E-state index < -0.39 is 0 Å². The number of fused-ring (bicyclic) bond motifs is 21. The van der Waals surface area contributed by atoms with Gasteiger partial charge in [-0.2, -0.15) is 10.2 Å². The van der Waals surface area contributed by atoms with Crippen molar-refractivity contribution in [2.45, 2.75) is 310 Å². The van der Waals surface area contributed by atoms with Crippen molar-refractivity contribution in [3.05, 3.63) is 91.9 Å². The zero-order valence-electron chi connectivity index (χ0n) is 65.4. The van der Waals surface area contributed by atoms with E-state index in [9.17, 15) is 0 Å². The molecule has 18 aliphatic rings. The van der Waals surface area contributed by atoms with E-state index in [0.717, 1.165) is 88.8 Å². The summed E-state index contributed by atoms with van der Waals surface area (Å²) in [7, 11) is 4.70. The van der Waals surface area contributed by atoms with Crippen molar-refractivity contribution in [2.24, 2.45) is 123 Å². The highest BCUT2D eigenvalue weighted by Crippen LogP contribution is 2.69. The number of likely N-dealkylation sites (tertiary alicyclic amines) is 2. The molecule has 21 rings (SSSR count). The zero-order chi connectivity index (χ0) is 69.3. The van der Waals surface area contributed by atoms with E-state index in [-0.39, 0.29) is 16.8 Å². The Morgan fingerprint density at radius 2 is 0.832 bits per heavy atom. The minimum absolute atomic E-state index is 0.0716. The maximum absolute atomic E-state index is 7.15. The molecule has 0 amide bonds. The van der Waals surface area contributed by atoms with Crippen molar-refractivity contribution in [1.29, 1.82) is 0 Å². The van der Waals surface area contributed by atoms with Gasteiger partial charge in [0.05, 0.1) is 47.5 Å². The molecule has 552 valence electrons. The number of likely N-dealkylation sites (N-methyl/N-ethyl adjacent to an activating group) is 2. The normalized spacial score (nSPS) is 50.6. The van der Waals surface area contributed by atoms with E-state index in [4.69, 9.17) is 14.2 Å². The summed E-state index contributed by atoms with van der Waals surface area (Å²) in [4.78, 5) is 8.69. The molecule has 3 aromatic heterocycles. The molecule has 11 nitrogen and oxygen atoms in total. The minimum atomic E-state index is 0.0716. The number of aromatic amines is 3. The highest BCUT2D eigenvalue weighted by Gasteiger charge is 2.65. The Morgan fingerprint density at radius 3 is 1.29 bits per heavy atom. The lowest BCUT2D eigenvalue weighted by atomic mass is 9.52. The lowest BCUT2D eigenvalue weighted by Gasteiger charge is -2.52. The number of rotatable bonds is 0. The lowest BCUT2D eigenvalue weighted by molar-refractivity contribution is -0.0790. The molecule has 11 heteroatoms. The molecular formula is C90H134N8O3. The van der Waals surface area contributed by atoms with Gasteiger partial charge in [-0.1, -0.05) is 95.8 Å². The van der Waals surface area contributed by atoms with Gasteiger partial charge in [0.1, 0.15) is 0 Å². The van der Waals surface area contributed by atoms with Crippen molar-refractivity contribution in [3.8, 4) is 0 Å². The molecule has 12 aliphatic carbocycles. The van der Waals surface area contributed by atoms with Gasteiger partial charge in [0.15, 0.2) is 0 Å². The lowest BCUT2D eigenvalue weighted by Crippen LogP contribution is -2.49. The van der Waals surface area contributed by atoms with Crippen LogP contribution < -0.4 is 5.32 Å². The molecular weight excluding hydrogens is 1240 g/mol. The Bertz CT molecular complexity index is 3600. The van der Waals surface area contributed by atoms with Crippen molar-refractivity contribution >= 4 is 0 Å². The fraction of sp³-hybridized carbons (Fsp3) is 0.822. The first-order valence-corrected chi connectivity index (χ1v) is 42.9. The highest BCUT2D eigenvalue weighted by atomic mass is 16.5. The molecule has 6 aliphatic heterocycles. The molecule has 6 saturated heterocycles. The summed E-state index contributed by atoms with van der Waals surface area (Å²) < 4.78 is 21.4. The predicted octanol–water partition coefficient (Wildman–Crippen LogP) is 17.6. The van der Waals surface area contributed by atoms with Crippen LogP contribution in [0.5, 0.6) is 0 Å². The fourth-order valence-corrected chi connectivity index (χ4v) is 31.4. The number of allylic oxidation sites excluding steroid dienone is 3. The first-order chi connectivity index (χ1) is 48.5. The number of hydrogen-bond donors (Lipinski definition) is 4. The monoisotopic (exact) mass is 1380 g/mol. The van der Waals surface area contributed by atoms with Gasteiger partial charge in [-0.05, 0) is 342 Å². The second kappa shape index (κ2) is 24.6. The third-order valence-corrected chi connectivity index (χ3v) is 36.4. The quantitative estimate of drug-likeness (QED) is 0.164. The number of aromatic nitrogens is 5. The van der Waals surface area contributed by atoms with Crippen LogP contribution in [-0.4, -0.2) is 122 Å². The van der Waals surface area contributed by atoms with Crippen LogP contribution in [-0.2, 0) is 52.7 Å². The predicted molar refractivity (Wildman–Crippen MR) is 404 cm³/mol. The number of nitrogens with one attached hydrogen (secondary N) is 4. The zero-order valence-corrected chi connectivity index (χ0v) is 65.4. The molecule has 6 saturated carbocycles. The fourth-order valence-electron chi connectivity index (χ4n) is 31.4. The van der Waals surface area contributed by atoms with E-state index in [1.807, 2.05) is 16.7 Å². The van der Waals surface area contributed by atoms with Gasteiger partial charge < -0.3 is 34.3 Å². The van der Waals surface area contributed by atoms with Crippen molar-refractivity contribution in [1.82, 2.24) is 40.5 Å². The van der Waals surface area contributed by atoms with E-state index in [0.29, 0.717) is 70.4 Å². The van der Waals surface area contributed by atoms with Crippen molar-refractivity contribution in [3.63, 3.8) is 0 Å². The topological polar surface area (TPSA) is 119 Å². The highest BCUT2D eigenvalue weighted by molar-refractivity contribution is 5.37. The Hall–Kier alpha value is -3.32. The van der Waals surface area contributed by atoms with Crippen LogP contribution in [0.15, 0.2) is 58.2 Å². The maximum Gasteiger partial charge on any atom is 0.0765 e. The minimum Gasteiger partial charge on any atom is -0.369 e. The second-order valence-corrected chi connectivity index (χ2v) is 41.4. The molecule has 30 atom stereocenters. The van der Waals surface area contributed by atoms with E-state index in [1.165, 1.54) is 216 Å². The SMILES string of the molecule is CC1=C2C[C@H]3[C@@H](CC[C@@H]4Cc5[nH]ncc5C[C@@]43C)[C@@H]2CC[C@@]2(C1)O[C@@H]1C[C@H](C)CN(C)[C@H]1[C@H]2C.CC1=C2C[C@H]3[C@@H](CC[C@@H]4Cc5[nH]ncc5C[C@@]43C)[C@@H]2CC[C@@]2(C1)O[C@@H]1C[C@H](C)CN(C)[C@H]1[C@H]2C.CC1=C2C[C@H]3[C@@H](CC[C@@H]4Cc5c[nH]cc5C[C@@]43C)[C@@H]2CC[C@@]2(C1)O[C@@H]1C[C@H](C)CN[C@H]1[C@H]2C. The third kappa shape index (κ3) is 10.5. The average molecular weight is 1380 g/mol. The largest absolute Gasteiger partial charge is 0.369 e. The summed E-state index contributed by atoms with van der Waals surface area (Å²) in [6, 6.07) is 1.79. The summed E-state index contributed by atoms with van der Waals surface area (Å²) in [6.07, 6.45) is 45.5. The summed E-state index contributed by atoms with van der Waals surface area (Å²) in [6.45, 7) is 33.8. The number of ether oxygens (including phenoxy) is 3. The molecule has 0 radical (unpaired) electrons. The van der Waals surface area contributed by atoms with Crippen LogP contribution in [0.3, 0.4) is 0 Å². The molecule has 3 aromatic rings. The molecule has 0 unspecified atom stereocenters. The first-order valence-electron chi connectivity index (χ1n) is 42.9. The van der Waals surface area contributed by atoms with Gasteiger partial charge in [0, 0.05) is 72.8 Å². The van der Waals surface area contributed by atoms with Crippen LogP contribution in [0, 0.1) is 123 Å². The Labute approximate surface area is 609 Å². The molecule has 4 N–H and O–H groups in total. The van der Waals surface area contributed by atoms with Gasteiger partial charge in [-0.3, -0.25) is 10.2 Å². The molecule has 0 aromatic carbocycles. The average Bonchev–Trinajstić information content (AvgIpc) is 1.60. The summed E-state index contributed by atoms with van der Waals surface area (Å²) >= 11 is 0. The van der Waals surface area contributed by atoms with E-state index in [1.54, 1.807) is 27.8 Å². The molecule has 0 bridgehead atoms. The van der Waals surface area contributed by atoms with E-state index >= 15 is 0 Å². The van der Waals surface area contributed by atoms with Gasteiger partial charge in [-0.15, -0.1) is 0 Å². The van der Waals surface area contributed by atoms with Crippen LogP contribution in [0.1, 0.15) is 252 Å². The van der Waals surface area contributed by atoms with Gasteiger partial charge in [0.2, 0.25) is 0 Å². The number of hydrogen-bond acceptors (Lipinski definition) is 8.